The SMILES string of the molecule is Cc1ccc(N(CC(=O)N(Cc2ccc(Cl)cc2)[C@H](C)C(=O)NC(C)C)S(C)(=O)=O)cc1C. The maximum Gasteiger partial charge on any atom is 0.244 e. The topological polar surface area (TPSA) is 86.8 Å². The molecule has 2 amide bonds. The fourth-order valence-corrected chi connectivity index (χ4v) is 4.24. The van der Waals surface area contributed by atoms with Gasteiger partial charge in [0, 0.05) is 17.6 Å². The van der Waals surface area contributed by atoms with E-state index in [1.54, 1.807) is 43.3 Å². The van der Waals surface area contributed by atoms with Gasteiger partial charge < -0.3 is 10.2 Å². The summed E-state index contributed by atoms with van der Waals surface area (Å²) in [5, 5.41) is 3.37. The van der Waals surface area contributed by atoms with Gasteiger partial charge in [0.1, 0.15) is 12.6 Å². The number of nitrogens with zero attached hydrogens (tertiary/aromatic N) is 2. The Kier molecular flexibility index (Phi) is 8.91. The van der Waals surface area contributed by atoms with Crippen LogP contribution in [-0.2, 0) is 26.2 Å². The molecule has 0 aliphatic rings. The van der Waals surface area contributed by atoms with Gasteiger partial charge in [-0.25, -0.2) is 8.42 Å². The van der Waals surface area contributed by atoms with Crippen molar-refractivity contribution in [1.82, 2.24) is 10.2 Å². The van der Waals surface area contributed by atoms with E-state index in [4.69, 9.17) is 11.6 Å². The number of carbonyl (C=O) groups is 2. The van der Waals surface area contributed by atoms with E-state index in [1.807, 2.05) is 33.8 Å². The molecule has 180 valence electrons. The van der Waals surface area contributed by atoms with Gasteiger partial charge in [-0.15, -0.1) is 0 Å². The molecule has 0 saturated carbocycles. The molecule has 0 saturated heterocycles. The van der Waals surface area contributed by atoms with E-state index < -0.39 is 28.5 Å². The molecule has 0 aromatic heterocycles. The number of hydrogen-bond donors (Lipinski definition) is 1. The Labute approximate surface area is 201 Å². The van der Waals surface area contributed by atoms with Crippen LogP contribution in [0.1, 0.15) is 37.5 Å². The summed E-state index contributed by atoms with van der Waals surface area (Å²) in [6, 6.07) is 11.3. The second-order valence-electron chi connectivity index (χ2n) is 8.53. The lowest BCUT2D eigenvalue weighted by Gasteiger charge is -2.32. The number of anilines is 1. The lowest BCUT2D eigenvalue weighted by molar-refractivity contribution is -0.139. The van der Waals surface area contributed by atoms with Crippen LogP contribution in [-0.4, -0.2) is 50.0 Å². The molecular formula is C24H32ClN3O4S. The molecule has 9 heteroatoms. The Morgan fingerprint density at radius 2 is 1.61 bits per heavy atom. The molecule has 1 atom stereocenters. The minimum atomic E-state index is -3.75. The average Bonchev–Trinajstić information content (AvgIpc) is 2.71. The lowest BCUT2D eigenvalue weighted by atomic mass is 10.1. The molecule has 0 aliphatic heterocycles. The highest BCUT2D eigenvalue weighted by molar-refractivity contribution is 7.92. The number of aryl methyl sites for hydroxylation is 2. The minimum Gasteiger partial charge on any atom is -0.352 e. The second-order valence-corrected chi connectivity index (χ2v) is 10.9. The van der Waals surface area contributed by atoms with E-state index in [1.165, 1.54) is 4.90 Å². The zero-order valence-electron chi connectivity index (χ0n) is 19.9. The lowest BCUT2D eigenvalue weighted by Crippen LogP contribution is -2.52. The fourth-order valence-electron chi connectivity index (χ4n) is 3.27. The van der Waals surface area contributed by atoms with E-state index in [0.717, 1.165) is 27.3 Å². The van der Waals surface area contributed by atoms with Gasteiger partial charge in [0.15, 0.2) is 0 Å². The van der Waals surface area contributed by atoms with Crippen LogP contribution in [0.4, 0.5) is 5.69 Å². The molecule has 0 unspecified atom stereocenters. The molecule has 1 N–H and O–H groups in total. The van der Waals surface area contributed by atoms with Crippen LogP contribution >= 0.6 is 11.6 Å². The molecule has 0 heterocycles. The van der Waals surface area contributed by atoms with E-state index in [2.05, 4.69) is 5.32 Å². The molecule has 0 spiro atoms. The van der Waals surface area contributed by atoms with Crippen LogP contribution in [0.25, 0.3) is 0 Å². The minimum absolute atomic E-state index is 0.101. The third-order valence-corrected chi connectivity index (χ3v) is 6.71. The fraction of sp³-hybridized carbons (Fsp3) is 0.417. The highest BCUT2D eigenvalue weighted by Gasteiger charge is 2.30. The zero-order chi connectivity index (χ0) is 24.9. The molecule has 2 rings (SSSR count). The highest BCUT2D eigenvalue weighted by Crippen LogP contribution is 2.22. The zero-order valence-corrected chi connectivity index (χ0v) is 21.5. The third kappa shape index (κ3) is 7.47. The largest absolute Gasteiger partial charge is 0.352 e. The summed E-state index contributed by atoms with van der Waals surface area (Å²) >= 11 is 5.97. The molecule has 2 aromatic rings. The van der Waals surface area contributed by atoms with Gasteiger partial charge in [-0.2, -0.15) is 0 Å². The van der Waals surface area contributed by atoms with Crippen molar-refractivity contribution < 1.29 is 18.0 Å². The Morgan fingerprint density at radius 3 is 2.12 bits per heavy atom. The number of benzene rings is 2. The van der Waals surface area contributed by atoms with Crippen molar-refractivity contribution in [3.8, 4) is 0 Å². The van der Waals surface area contributed by atoms with Crippen LogP contribution in [0.2, 0.25) is 5.02 Å². The van der Waals surface area contributed by atoms with Gasteiger partial charge in [0.2, 0.25) is 21.8 Å². The van der Waals surface area contributed by atoms with Crippen molar-refractivity contribution in [2.45, 2.75) is 53.2 Å². The van der Waals surface area contributed by atoms with E-state index >= 15 is 0 Å². The Morgan fingerprint density at radius 1 is 1.00 bits per heavy atom. The summed E-state index contributed by atoms with van der Waals surface area (Å²) in [6.07, 6.45) is 1.06. The Balaban J connectivity index is 2.40. The van der Waals surface area contributed by atoms with Gasteiger partial charge >= 0.3 is 0 Å². The van der Waals surface area contributed by atoms with Crippen molar-refractivity contribution in [3.05, 3.63) is 64.2 Å². The smallest absolute Gasteiger partial charge is 0.244 e. The number of hydrogen-bond acceptors (Lipinski definition) is 4. The first-order valence-corrected chi connectivity index (χ1v) is 12.9. The first kappa shape index (κ1) is 26.7. The van der Waals surface area contributed by atoms with Gasteiger partial charge in [0.05, 0.1) is 11.9 Å². The maximum absolute atomic E-state index is 13.4. The molecular weight excluding hydrogens is 462 g/mol. The summed E-state index contributed by atoms with van der Waals surface area (Å²) in [5.74, 6) is -0.801. The van der Waals surface area contributed by atoms with Crippen molar-refractivity contribution in [2.75, 3.05) is 17.1 Å². The monoisotopic (exact) mass is 493 g/mol. The normalized spacial score (nSPS) is 12.4. The van der Waals surface area contributed by atoms with E-state index in [-0.39, 0.29) is 18.5 Å². The van der Waals surface area contributed by atoms with E-state index in [9.17, 15) is 18.0 Å². The first-order chi connectivity index (χ1) is 15.3. The third-order valence-electron chi connectivity index (χ3n) is 5.32. The quantitative estimate of drug-likeness (QED) is 0.577. The molecule has 2 aromatic carbocycles. The van der Waals surface area contributed by atoms with Crippen LogP contribution in [0.3, 0.4) is 0 Å². The molecule has 7 nitrogen and oxygen atoms in total. The van der Waals surface area contributed by atoms with Crippen LogP contribution in [0, 0.1) is 13.8 Å². The number of nitrogens with one attached hydrogen (secondary N) is 1. The van der Waals surface area contributed by atoms with Crippen LogP contribution in [0.15, 0.2) is 42.5 Å². The van der Waals surface area contributed by atoms with E-state index in [0.29, 0.717) is 10.7 Å². The number of sulfonamides is 1. The van der Waals surface area contributed by atoms with Crippen molar-refractivity contribution in [1.29, 1.82) is 0 Å². The Hall–Kier alpha value is -2.58. The van der Waals surface area contributed by atoms with Gasteiger partial charge in [-0.1, -0.05) is 29.8 Å². The number of carbonyl (C=O) groups excluding carboxylic acids is 2. The molecule has 0 bridgehead atoms. The molecule has 0 radical (unpaired) electrons. The summed E-state index contributed by atoms with van der Waals surface area (Å²) in [7, 11) is -3.75. The average molecular weight is 494 g/mol. The van der Waals surface area contributed by atoms with Crippen LogP contribution < -0.4 is 9.62 Å². The standard InChI is InChI=1S/C24H32ClN3O4S/c1-16(2)26-24(30)19(5)27(14-20-8-10-21(25)11-9-20)23(29)15-28(33(6,31)32)22-12-7-17(3)18(4)13-22/h7-13,16,19H,14-15H2,1-6H3,(H,26,30)/t19-/m1/s1. The molecule has 0 aliphatic carbocycles. The second kappa shape index (κ2) is 11.0. The number of halogens is 1. The summed E-state index contributed by atoms with van der Waals surface area (Å²) in [6.45, 7) is 8.82. The first-order valence-electron chi connectivity index (χ1n) is 10.7. The highest BCUT2D eigenvalue weighted by atomic mass is 35.5. The van der Waals surface area contributed by atoms with Crippen molar-refractivity contribution >= 4 is 39.1 Å². The summed E-state index contributed by atoms with van der Waals surface area (Å²) in [4.78, 5) is 27.6. The number of rotatable bonds is 9. The number of amides is 2. The van der Waals surface area contributed by atoms with Gasteiger partial charge in [-0.3, -0.25) is 13.9 Å². The molecule has 0 fully saturated rings. The molecule has 33 heavy (non-hydrogen) atoms. The summed E-state index contributed by atoms with van der Waals surface area (Å²) in [5.41, 5.74) is 3.10. The van der Waals surface area contributed by atoms with Crippen LogP contribution in [0.5, 0.6) is 0 Å². The Bertz CT molecular complexity index is 1100. The van der Waals surface area contributed by atoms with Gasteiger partial charge in [-0.05, 0) is 75.6 Å². The summed E-state index contributed by atoms with van der Waals surface area (Å²) < 4.78 is 26.3. The predicted octanol–water partition coefficient (Wildman–Crippen LogP) is 3.66. The predicted molar refractivity (Wildman–Crippen MR) is 133 cm³/mol. The van der Waals surface area contributed by atoms with Crippen molar-refractivity contribution in [2.24, 2.45) is 0 Å². The van der Waals surface area contributed by atoms with Gasteiger partial charge in [0.25, 0.3) is 0 Å². The maximum atomic E-state index is 13.4. The van der Waals surface area contributed by atoms with Crippen molar-refractivity contribution in [3.63, 3.8) is 0 Å².